The molecule has 7 aromatic rings. The van der Waals surface area contributed by atoms with Gasteiger partial charge in [-0.05, 0) is 45.4 Å². The third-order valence-corrected chi connectivity index (χ3v) is 20.7. The first-order valence-electron chi connectivity index (χ1n) is 29.0. The molecule has 1 aromatic carbocycles. The minimum absolute atomic E-state index is 0.00566. The van der Waals surface area contributed by atoms with E-state index < -0.39 is 157 Å². The SMILES string of the molecule is C=C(NC(=O)c1csc(-c2nc3c(cc2O)C2=NC(CS2)C(=O)NC(C(C)O)C(=O)N/C(=C(\C)OC)c2nc(cs2)C(=O)NC2c4nc(cs4)C(=O)NC(COC(=O)c4c5c6c(cccc6n4O)COC(=O)C(OC4CC(C)(O)C(O)C(C)O4)C2OC5)c2nc-3cs2)n1)C(N)=O. The van der Waals surface area contributed by atoms with Gasteiger partial charge in [-0.25, -0.2) is 34.5 Å². The molecule has 96 heavy (non-hydrogen) atoms. The molecule has 5 aliphatic heterocycles. The van der Waals surface area contributed by atoms with Crippen LogP contribution in [0, 0.1) is 0 Å². The van der Waals surface area contributed by atoms with Crippen molar-refractivity contribution in [2.24, 2.45) is 10.7 Å². The Bertz CT molecular complexity index is 4440. The van der Waals surface area contributed by atoms with Crippen molar-refractivity contribution >= 4 is 126 Å². The van der Waals surface area contributed by atoms with Gasteiger partial charge in [-0.3, -0.25) is 33.8 Å². The second-order valence-corrected chi connectivity index (χ2v) is 27.1. The molecule has 5 aliphatic rings. The van der Waals surface area contributed by atoms with Gasteiger partial charge in [0.25, 0.3) is 23.6 Å². The molecular weight excluding hydrogens is 1360 g/mol. The lowest BCUT2D eigenvalue weighted by atomic mass is 9.89. The van der Waals surface area contributed by atoms with Crippen LogP contribution in [-0.4, -0.2) is 182 Å². The maximum Gasteiger partial charge on any atom is 0.358 e. The molecular formula is C59H57N13O19S5. The number of primary amides is 1. The van der Waals surface area contributed by atoms with Gasteiger partial charge in [-0.1, -0.05) is 18.7 Å². The molecule has 11 heterocycles. The van der Waals surface area contributed by atoms with E-state index in [4.69, 9.17) is 54.1 Å². The second kappa shape index (κ2) is 26.8. The third-order valence-electron chi connectivity index (χ3n) is 16.0. The Balaban J connectivity index is 1.04. The number of aromatic hydroxyl groups is 1. The number of esters is 2. The highest BCUT2D eigenvalue weighted by Gasteiger charge is 2.49. The number of nitrogens with zero attached hydrogens (tertiary/aromatic N) is 7. The number of nitrogens with one attached hydrogen (secondary N) is 5. The van der Waals surface area contributed by atoms with Gasteiger partial charge in [0.1, 0.15) is 126 Å². The Kier molecular flexibility index (Phi) is 18.7. The van der Waals surface area contributed by atoms with Crippen molar-refractivity contribution in [1.29, 1.82) is 0 Å². The molecule has 11 atom stereocenters. The molecule has 0 aliphatic carbocycles. The number of aliphatic hydroxyl groups excluding tert-OH is 2. The lowest BCUT2D eigenvalue weighted by Gasteiger charge is -2.43. The molecule has 6 aromatic heterocycles. The number of benzene rings is 1. The maximum atomic E-state index is 15.1. The molecule has 0 radical (unpaired) electrons. The number of amides is 6. The average molecular weight is 1410 g/mol. The number of aromatic nitrogens is 6. The topological polar surface area (TPSA) is 461 Å². The van der Waals surface area contributed by atoms with Gasteiger partial charge in [0.15, 0.2) is 18.1 Å². The van der Waals surface area contributed by atoms with Crippen LogP contribution in [0.3, 0.4) is 0 Å². The van der Waals surface area contributed by atoms with Gasteiger partial charge in [-0.15, -0.1) is 57.1 Å². The number of thioether (sulfide) groups is 1. The molecule has 12 rings (SSSR count). The zero-order chi connectivity index (χ0) is 68.3. The number of ether oxygens (including phenoxy) is 6. The molecule has 11 unspecified atom stereocenters. The predicted molar refractivity (Wildman–Crippen MR) is 341 cm³/mol. The quantitative estimate of drug-likeness (QED) is 0.0450. The number of carbonyl (C=O) groups is 8. The first-order valence-corrected chi connectivity index (χ1v) is 33.5. The van der Waals surface area contributed by atoms with Crippen molar-refractivity contribution in [2.75, 3.05) is 19.5 Å². The Labute approximate surface area is 561 Å². The van der Waals surface area contributed by atoms with Crippen LogP contribution in [0.4, 0.5) is 0 Å². The van der Waals surface area contributed by atoms with Gasteiger partial charge in [0.05, 0.1) is 42.7 Å². The molecule has 12 N–H and O–H groups in total. The predicted octanol–water partition coefficient (Wildman–Crippen LogP) is 2.45. The third kappa shape index (κ3) is 13.0. The van der Waals surface area contributed by atoms with E-state index in [0.29, 0.717) is 4.73 Å². The van der Waals surface area contributed by atoms with Crippen LogP contribution in [0.25, 0.3) is 38.7 Å². The smallest absolute Gasteiger partial charge is 0.358 e. The number of allylic oxidation sites excluding steroid dienone is 1. The summed E-state index contributed by atoms with van der Waals surface area (Å²) in [6, 6.07) is -0.0828. The van der Waals surface area contributed by atoms with Crippen LogP contribution in [-0.2, 0) is 60.8 Å². The molecule has 6 amide bonds. The standard InChI is InChI=1S/C59H57N13O19S5/c1-20(46(60)76)61-47(77)29-17-95-55(66-29)40-34(74)10-25-39(68-40)28-15-93-53(63-28)27-14-89-57(82)42-26-13-87-43(44(91-35-11-59(5,84)45(75)23(4)90-35)58(83)88-12-24-8-7-9-33(36(24)26)72(42)85)41(56-67-30(18-96-56)48(78)62-27)71-50(80)32-19-94-54(65-32)38(22(3)86-6)70-51(81)37(21(2)73)69-49(79)31-16-92-52(25)64-31/h7-10,15,17-19,21,23,27,31,35,37,41,43-45,73-75,84-85H,1,11-14,16H2,2-6H3,(H2,60,76)(H,61,77)(H,62,78)(H,69,79)(H,70,81)(H,71,80)/b38-22+. The number of hydrogen-bond acceptors (Lipinski definition) is 30. The zero-order valence-electron chi connectivity index (χ0n) is 50.8. The number of nitrogens with two attached hydrogens (primary N) is 1. The van der Waals surface area contributed by atoms with Gasteiger partial charge in [-0.2, -0.15) is 4.73 Å². The minimum atomic E-state index is -1.98. The normalized spacial score (nSPS) is 25.8. The first-order chi connectivity index (χ1) is 45.8. The summed E-state index contributed by atoms with van der Waals surface area (Å²) in [6.07, 6.45) is -9.74. The number of carbonyl (C=O) groups excluding carboxylic acids is 8. The van der Waals surface area contributed by atoms with Gasteiger partial charge in [0.2, 0.25) is 11.8 Å². The summed E-state index contributed by atoms with van der Waals surface area (Å²) in [5, 5.41) is 76.3. The van der Waals surface area contributed by atoms with Crippen molar-refractivity contribution in [2.45, 2.75) is 114 Å². The summed E-state index contributed by atoms with van der Waals surface area (Å²) in [5.74, 6) is -8.26. The van der Waals surface area contributed by atoms with Crippen molar-refractivity contribution in [3.8, 4) is 27.8 Å². The number of aliphatic imine (C=N–C) groups is 1. The molecule has 12 bridgehead atoms. The molecule has 32 nitrogen and oxygen atoms in total. The number of cyclic esters (lactones) is 2. The van der Waals surface area contributed by atoms with Crippen LogP contribution in [0.1, 0.15) is 120 Å². The fraction of sp³-hybridized carbons (Fsp3) is 0.356. The van der Waals surface area contributed by atoms with E-state index in [1.54, 1.807) is 6.07 Å². The van der Waals surface area contributed by atoms with Crippen LogP contribution < -0.4 is 32.3 Å². The van der Waals surface area contributed by atoms with E-state index >= 15 is 4.79 Å². The average Bonchev–Trinajstić information content (AvgIpc) is 1.58. The minimum Gasteiger partial charge on any atom is -0.506 e. The molecule has 1 fully saturated rings. The van der Waals surface area contributed by atoms with E-state index in [-0.39, 0.29) is 104 Å². The van der Waals surface area contributed by atoms with Crippen molar-refractivity contribution in [3.05, 3.63) is 118 Å². The molecule has 0 saturated carbocycles. The van der Waals surface area contributed by atoms with E-state index in [9.17, 15) is 59.2 Å². The summed E-state index contributed by atoms with van der Waals surface area (Å²) in [5.41, 5.74) is 1.88. The number of thiazole rings is 4. The number of fused-ring (bicyclic) bond motifs is 14. The number of hydrogen-bond donors (Lipinski definition) is 11. The zero-order valence-corrected chi connectivity index (χ0v) is 54.9. The Morgan fingerprint density at radius 1 is 0.906 bits per heavy atom. The van der Waals surface area contributed by atoms with Gasteiger partial charge < -0.3 is 86.4 Å². The van der Waals surface area contributed by atoms with Gasteiger partial charge in [0, 0.05) is 50.2 Å². The van der Waals surface area contributed by atoms with Crippen LogP contribution in [0.2, 0.25) is 0 Å². The molecule has 0 spiro atoms. The molecule has 502 valence electrons. The summed E-state index contributed by atoms with van der Waals surface area (Å²) < 4.78 is 37.4. The van der Waals surface area contributed by atoms with Crippen LogP contribution in [0.5, 0.6) is 5.75 Å². The molecule has 37 heteroatoms. The van der Waals surface area contributed by atoms with Crippen molar-refractivity contribution in [1.82, 2.24) is 56.2 Å². The number of rotatable bonds is 8. The number of aliphatic hydroxyl groups is 3. The highest BCUT2D eigenvalue weighted by molar-refractivity contribution is 8.14. The highest BCUT2D eigenvalue weighted by atomic mass is 32.2. The van der Waals surface area contributed by atoms with Crippen LogP contribution in [0.15, 0.2) is 68.8 Å². The Hall–Kier alpha value is -9.15. The lowest BCUT2D eigenvalue weighted by Crippen LogP contribution is -2.57. The largest absolute Gasteiger partial charge is 0.506 e. The van der Waals surface area contributed by atoms with Crippen molar-refractivity contribution < 1.29 is 92.4 Å². The number of methoxy groups -OCH3 is 1. The second-order valence-electron chi connectivity index (χ2n) is 22.6. The number of pyridine rings is 1. The van der Waals surface area contributed by atoms with Gasteiger partial charge >= 0.3 is 11.9 Å². The maximum absolute atomic E-state index is 15.1. The summed E-state index contributed by atoms with van der Waals surface area (Å²) >= 11 is 4.58. The van der Waals surface area contributed by atoms with E-state index in [0.717, 1.165) is 57.1 Å². The summed E-state index contributed by atoms with van der Waals surface area (Å²) in [4.78, 5) is 142. The Morgan fingerprint density at radius 2 is 1.62 bits per heavy atom. The summed E-state index contributed by atoms with van der Waals surface area (Å²) in [6.45, 7) is 7.12. The molecule has 1 saturated heterocycles. The highest BCUT2D eigenvalue weighted by Crippen LogP contribution is 2.41. The van der Waals surface area contributed by atoms with E-state index in [1.807, 2.05) is 0 Å². The fourth-order valence-electron chi connectivity index (χ4n) is 10.9. The van der Waals surface area contributed by atoms with E-state index in [1.165, 1.54) is 74.5 Å². The Morgan fingerprint density at radius 3 is 2.38 bits per heavy atom. The monoisotopic (exact) mass is 1410 g/mol. The van der Waals surface area contributed by atoms with Crippen LogP contribution >= 0.6 is 57.1 Å². The van der Waals surface area contributed by atoms with E-state index in [2.05, 4.69) is 43.1 Å². The summed E-state index contributed by atoms with van der Waals surface area (Å²) in [7, 11) is 1.30. The van der Waals surface area contributed by atoms with Crippen molar-refractivity contribution in [3.63, 3.8) is 0 Å². The lowest BCUT2D eigenvalue weighted by molar-refractivity contribution is -0.292. The first kappa shape index (κ1) is 66.9. The fourth-order valence-corrected chi connectivity index (χ4v) is 15.4.